The van der Waals surface area contributed by atoms with Gasteiger partial charge in [-0.25, -0.2) is 9.59 Å². The van der Waals surface area contributed by atoms with Crippen molar-refractivity contribution in [1.82, 2.24) is 5.32 Å². The molecule has 0 bridgehead atoms. The number of amides is 1. The summed E-state index contributed by atoms with van der Waals surface area (Å²) < 4.78 is 16.8. The normalized spacial score (nSPS) is 37.2. The molecule has 0 aromatic rings. The maximum atomic E-state index is 12.9. The lowest BCUT2D eigenvalue weighted by Crippen LogP contribution is -2.55. The van der Waals surface area contributed by atoms with Gasteiger partial charge in [0.1, 0.15) is 17.3 Å². The van der Waals surface area contributed by atoms with Crippen LogP contribution < -0.4 is 5.32 Å². The monoisotopic (exact) mass is 605 g/mol. The first kappa shape index (κ1) is 34.1. The summed E-state index contributed by atoms with van der Waals surface area (Å²) in [4.78, 5) is 37.8. The van der Waals surface area contributed by atoms with Crippen LogP contribution in [0.5, 0.6) is 0 Å². The number of aliphatic hydroxyl groups excluding tert-OH is 1. The van der Waals surface area contributed by atoms with Gasteiger partial charge >= 0.3 is 18.0 Å². The van der Waals surface area contributed by atoms with Crippen LogP contribution in [0.3, 0.4) is 0 Å². The van der Waals surface area contributed by atoms with E-state index in [-0.39, 0.29) is 22.9 Å². The predicted octanol–water partition coefficient (Wildman–Crippen LogP) is 6.81. The van der Waals surface area contributed by atoms with Crippen LogP contribution in [0.25, 0.3) is 0 Å². The van der Waals surface area contributed by atoms with E-state index in [1.807, 2.05) is 20.8 Å². The zero-order chi connectivity index (χ0) is 32.0. The van der Waals surface area contributed by atoms with Crippen LogP contribution in [0, 0.1) is 46.3 Å². The molecule has 0 aromatic heterocycles. The summed E-state index contributed by atoms with van der Waals surface area (Å²) in [6.07, 6.45) is 9.53. The number of aliphatic hydroxyl groups is 1. The number of alkyl carbamates (subject to hydrolysis) is 1. The minimum absolute atomic E-state index is 0.0721. The molecule has 0 radical (unpaired) electrons. The van der Waals surface area contributed by atoms with Gasteiger partial charge in [-0.1, -0.05) is 20.8 Å². The second-order valence-corrected chi connectivity index (χ2v) is 16.9. The maximum absolute atomic E-state index is 12.9. The van der Waals surface area contributed by atoms with Gasteiger partial charge in [-0.3, -0.25) is 4.79 Å². The van der Waals surface area contributed by atoms with E-state index < -0.39 is 35.9 Å². The number of carbonyl (C=O) groups is 3. The molecule has 246 valence electrons. The van der Waals surface area contributed by atoms with Crippen molar-refractivity contribution in [1.29, 1.82) is 0 Å². The van der Waals surface area contributed by atoms with Crippen LogP contribution in [0.4, 0.5) is 4.79 Å². The zero-order valence-electron chi connectivity index (χ0n) is 28.3. The van der Waals surface area contributed by atoms with E-state index in [0.717, 1.165) is 31.6 Å². The van der Waals surface area contributed by atoms with Crippen molar-refractivity contribution in [3.05, 3.63) is 0 Å². The van der Waals surface area contributed by atoms with Crippen LogP contribution in [0.2, 0.25) is 0 Å². The standard InChI is InChI=1S/C35H59NO7/c1-21(18-29(38)42-32(2,3)4)25-12-13-26-24-11-10-22-19-23(14-16-34(22,8)27(24)15-17-35(25,26)9)41-30(39)28(20-37)36-31(40)43-33(5,6)7/h21-28,37H,10-20H2,1-9H3,(H,36,40)/t21-,22?,23-,24?,25?,26?,27?,28+,34+,35-/m1/s1. The second-order valence-electron chi connectivity index (χ2n) is 16.9. The van der Waals surface area contributed by atoms with Crippen molar-refractivity contribution in [2.24, 2.45) is 46.3 Å². The molecule has 0 aliphatic heterocycles. The minimum atomic E-state index is -1.14. The van der Waals surface area contributed by atoms with E-state index in [2.05, 4.69) is 26.1 Å². The van der Waals surface area contributed by atoms with Crippen molar-refractivity contribution in [2.75, 3.05) is 6.61 Å². The third-order valence-electron chi connectivity index (χ3n) is 11.7. The number of esters is 2. The Morgan fingerprint density at radius 3 is 2.12 bits per heavy atom. The Labute approximate surface area is 259 Å². The predicted molar refractivity (Wildman–Crippen MR) is 165 cm³/mol. The van der Waals surface area contributed by atoms with Gasteiger partial charge in [0.2, 0.25) is 0 Å². The van der Waals surface area contributed by atoms with E-state index in [9.17, 15) is 19.5 Å². The summed E-state index contributed by atoms with van der Waals surface area (Å²) in [6.45, 7) is 17.8. The quantitative estimate of drug-likeness (QED) is 0.242. The lowest BCUT2D eigenvalue weighted by molar-refractivity contribution is -0.166. The third kappa shape index (κ3) is 7.53. The third-order valence-corrected chi connectivity index (χ3v) is 11.7. The molecule has 0 aromatic carbocycles. The van der Waals surface area contributed by atoms with E-state index in [1.165, 1.54) is 32.1 Å². The minimum Gasteiger partial charge on any atom is -0.461 e. The number of fused-ring (bicyclic) bond motifs is 5. The van der Waals surface area contributed by atoms with Crippen LogP contribution in [0.1, 0.15) is 127 Å². The lowest BCUT2D eigenvalue weighted by atomic mass is 9.44. The number of hydrogen-bond donors (Lipinski definition) is 2. The highest BCUT2D eigenvalue weighted by Gasteiger charge is 2.61. The molecule has 8 heteroatoms. The summed E-state index contributed by atoms with van der Waals surface area (Å²) in [6, 6.07) is -1.14. The van der Waals surface area contributed by atoms with Crippen molar-refractivity contribution in [3.8, 4) is 0 Å². The van der Waals surface area contributed by atoms with Gasteiger partial charge < -0.3 is 24.6 Å². The second kappa shape index (κ2) is 12.5. The largest absolute Gasteiger partial charge is 0.461 e. The Morgan fingerprint density at radius 2 is 1.49 bits per heavy atom. The fourth-order valence-electron chi connectivity index (χ4n) is 9.96. The van der Waals surface area contributed by atoms with E-state index in [4.69, 9.17) is 14.2 Å². The summed E-state index contributed by atoms with van der Waals surface area (Å²) in [5.41, 5.74) is -0.633. The molecule has 0 spiro atoms. The number of ether oxygens (including phenoxy) is 3. The Morgan fingerprint density at radius 1 is 0.860 bits per heavy atom. The van der Waals surface area contributed by atoms with E-state index in [1.54, 1.807) is 20.8 Å². The van der Waals surface area contributed by atoms with E-state index >= 15 is 0 Å². The van der Waals surface area contributed by atoms with Crippen molar-refractivity contribution < 1.29 is 33.7 Å². The topological polar surface area (TPSA) is 111 Å². The fourth-order valence-corrected chi connectivity index (χ4v) is 9.96. The maximum Gasteiger partial charge on any atom is 0.408 e. The Balaban J connectivity index is 1.35. The molecule has 10 atom stereocenters. The van der Waals surface area contributed by atoms with Gasteiger partial charge in [0.05, 0.1) is 6.61 Å². The number of carbonyl (C=O) groups excluding carboxylic acids is 3. The molecular formula is C35H59NO7. The molecular weight excluding hydrogens is 546 g/mol. The summed E-state index contributed by atoms with van der Waals surface area (Å²) in [5, 5.41) is 12.2. The summed E-state index contributed by atoms with van der Waals surface area (Å²) in [5.74, 6) is 2.81. The lowest BCUT2D eigenvalue weighted by Gasteiger charge is -2.61. The van der Waals surface area contributed by atoms with Gasteiger partial charge in [0.15, 0.2) is 6.04 Å². The summed E-state index contributed by atoms with van der Waals surface area (Å²) >= 11 is 0. The molecule has 4 rings (SSSR count). The highest BCUT2D eigenvalue weighted by atomic mass is 16.6. The van der Waals surface area contributed by atoms with Crippen LogP contribution >= 0.6 is 0 Å². The van der Waals surface area contributed by atoms with Gasteiger partial charge in [-0.2, -0.15) is 0 Å². The molecule has 4 aliphatic rings. The molecule has 5 unspecified atom stereocenters. The molecule has 0 heterocycles. The molecule has 1 amide bonds. The van der Waals surface area contributed by atoms with Crippen LogP contribution in [0.15, 0.2) is 0 Å². The average molecular weight is 606 g/mol. The summed E-state index contributed by atoms with van der Waals surface area (Å²) in [7, 11) is 0. The molecule has 8 nitrogen and oxygen atoms in total. The van der Waals surface area contributed by atoms with Gasteiger partial charge in [-0.05, 0) is 146 Å². The first-order chi connectivity index (χ1) is 19.9. The average Bonchev–Trinajstić information content (AvgIpc) is 3.22. The van der Waals surface area contributed by atoms with Gasteiger partial charge in [-0.15, -0.1) is 0 Å². The zero-order valence-corrected chi connectivity index (χ0v) is 28.3. The number of hydrogen-bond acceptors (Lipinski definition) is 7. The Kier molecular flexibility index (Phi) is 9.91. The number of rotatable bonds is 7. The molecule has 43 heavy (non-hydrogen) atoms. The first-order valence-electron chi connectivity index (χ1n) is 16.9. The van der Waals surface area contributed by atoms with Crippen LogP contribution in [-0.4, -0.2) is 53.1 Å². The van der Waals surface area contributed by atoms with Gasteiger partial charge in [0.25, 0.3) is 0 Å². The fraction of sp³-hybridized carbons (Fsp3) is 0.914. The molecule has 0 saturated heterocycles. The highest BCUT2D eigenvalue weighted by Crippen LogP contribution is 2.68. The van der Waals surface area contributed by atoms with Gasteiger partial charge in [0, 0.05) is 6.42 Å². The van der Waals surface area contributed by atoms with Crippen molar-refractivity contribution in [3.63, 3.8) is 0 Å². The molecule has 4 fully saturated rings. The molecule has 4 saturated carbocycles. The highest BCUT2D eigenvalue weighted by molar-refractivity contribution is 5.81. The van der Waals surface area contributed by atoms with Crippen molar-refractivity contribution in [2.45, 2.75) is 150 Å². The van der Waals surface area contributed by atoms with Crippen LogP contribution in [-0.2, 0) is 23.8 Å². The van der Waals surface area contributed by atoms with E-state index in [0.29, 0.717) is 36.0 Å². The SMILES string of the molecule is C[C@H](CC(=O)OC(C)(C)C)C1CCC2C3CCC4C[C@H](OC(=O)[C@H](CO)NC(=O)OC(C)(C)C)CC[C@]4(C)C3CC[C@@]21C. The Bertz CT molecular complexity index is 1030. The smallest absolute Gasteiger partial charge is 0.408 e. The van der Waals surface area contributed by atoms with Crippen molar-refractivity contribution >= 4 is 18.0 Å². The molecule has 2 N–H and O–H groups in total. The first-order valence-corrected chi connectivity index (χ1v) is 16.9. The molecule has 4 aliphatic carbocycles. The Hall–Kier alpha value is -1.83. The number of nitrogens with one attached hydrogen (secondary N) is 1.